The Hall–Kier alpha value is -1.22. The predicted octanol–water partition coefficient (Wildman–Crippen LogP) is 1.55. The standard InChI is InChI=1S/C11H18N2O/c1-9(14)8-12-10-6-4-5-7-11(10)13(2)3/h4-7,9,12,14H,8H2,1-3H3/t9-/m0/s1. The van der Waals surface area contributed by atoms with Crippen LogP contribution in [0.15, 0.2) is 24.3 Å². The summed E-state index contributed by atoms with van der Waals surface area (Å²) in [5.74, 6) is 0. The lowest BCUT2D eigenvalue weighted by molar-refractivity contribution is 0.208. The molecule has 0 aliphatic carbocycles. The maximum absolute atomic E-state index is 9.17. The van der Waals surface area contributed by atoms with Crippen molar-refractivity contribution in [2.24, 2.45) is 0 Å². The molecule has 2 N–H and O–H groups in total. The first-order chi connectivity index (χ1) is 6.61. The summed E-state index contributed by atoms with van der Waals surface area (Å²) >= 11 is 0. The van der Waals surface area contributed by atoms with Gasteiger partial charge in [0.15, 0.2) is 0 Å². The van der Waals surface area contributed by atoms with Crippen molar-refractivity contribution in [2.75, 3.05) is 30.9 Å². The van der Waals surface area contributed by atoms with Gasteiger partial charge in [-0.2, -0.15) is 0 Å². The van der Waals surface area contributed by atoms with Crippen LogP contribution in [-0.2, 0) is 0 Å². The van der Waals surface area contributed by atoms with E-state index in [1.165, 1.54) is 0 Å². The molecule has 3 heteroatoms. The van der Waals surface area contributed by atoms with E-state index in [9.17, 15) is 0 Å². The summed E-state index contributed by atoms with van der Waals surface area (Å²) in [5, 5.41) is 12.4. The molecule has 3 nitrogen and oxygen atoms in total. The van der Waals surface area contributed by atoms with Gasteiger partial charge in [-0.3, -0.25) is 0 Å². The third-order valence-corrected chi connectivity index (χ3v) is 1.97. The van der Waals surface area contributed by atoms with Crippen molar-refractivity contribution in [3.8, 4) is 0 Å². The number of aliphatic hydroxyl groups excluding tert-OH is 1. The van der Waals surface area contributed by atoms with Crippen molar-refractivity contribution in [2.45, 2.75) is 13.0 Å². The molecular formula is C11H18N2O. The van der Waals surface area contributed by atoms with Crippen molar-refractivity contribution in [1.29, 1.82) is 0 Å². The molecule has 0 aromatic heterocycles. The average Bonchev–Trinajstić information content (AvgIpc) is 2.15. The molecule has 0 unspecified atom stereocenters. The van der Waals surface area contributed by atoms with Crippen LogP contribution in [-0.4, -0.2) is 31.9 Å². The van der Waals surface area contributed by atoms with Gasteiger partial charge in [0.25, 0.3) is 0 Å². The lowest BCUT2D eigenvalue weighted by atomic mass is 10.2. The third-order valence-electron chi connectivity index (χ3n) is 1.97. The Morgan fingerprint density at radius 2 is 2.00 bits per heavy atom. The highest BCUT2D eigenvalue weighted by atomic mass is 16.3. The van der Waals surface area contributed by atoms with E-state index in [4.69, 9.17) is 5.11 Å². The van der Waals surface area contributed by atoms with Crippen LogP contribution in [0.1, 0.15) is 6.92 Å². The minimum absolute atomic E-state index is 0.329. The Bertz CT molecular complexity index is 284. The van der Waals surface area contributed by atoms with Gasteiger partial charge in [0.1, 0.15) is 0 Å². The van der Waals surface area contributed by atoms with E-state index < -0.39 is 0 Å². The predicted molar refractivity (Wildman–Crippen MR) is 60.9 cm³/mol. The molecule has 0 aliphatic rings. The lowest BCUT2D eigenvalue weighted by Gasteiger charge is -2.18. The van der Waals surface area contributed by atoms with E-state index in [1.54, 1.807) is 6.92 Å². The summed E-state index contributed by atoms with van der Waals surface area (Å²) in [6.07, 6.45) is -0.329. The summed E-state index contributed by atoms with van der Waals surface area (Å²) in [7, 11) is 4.01. The van der Waals surface area contributed by atoms with Gasteiger partial charge >= 0.3 is 0 Å². The zero-order valence-corrected chi connectivity index (χ0v) is 8.99. The van der Waals surface area contributed by atoms with Crippen LogP contribution < -0.4 is 10.2 Å². The van der Waals surface area contributed by atoms with Crippen LogP contribution in [0, 0.1) is 0 Å². The molecule has 0 bridgehead atoms. The summed E-state index contributed by atoms with van der Waals surface area (Å²) < 4.78 is 0. The molecule has 0 saturated carbocycles. The van der Waals surface area contributed by atoms with Gasteiger partial charge in [-0.25, -0.2) is 0 Å². The molecule has 1 rings (SSSR count). The Morgan fingerprint density at radius 3 is 2.57 bits per heavy atom. The van der Waals surface area contributed by atoms with Gasteiger partial charge in [0, 0.05) is 20.6 Å². The van der Waals surface area contributed by atoms with E-state index in [0.717, 1.165) is 11.4 Å². The van der Waals surface area contributed by atoms with Crippen LogP contribution in [0.4, 0.5) is 11.4 Å². The molecule has 0 saturated heterocycles. The summed E-state index contributed by atoms with van der Waals surface area (Å²) in [6.45, 7) is 2.34. The highest BCUT2D eigenvalue weighted by Gasteiger charge is 2.03. The number of rotatable bonds is 4. The van der Waals surface area contributed by atoms with E-state index in [0.29, 0.717) is 6.54 Å². The van der Waals surface area contributed by atoms with Crippen LogP contribution >= 0.6 is 0 Å². The molecule has 14 heavy (non-hydrogen) atoms. The SMILES string of the molecule is C[C@H](O)CNc1ccccc1N(C)C. The number of nitrogens with zero attached hydrogens (tertiary/aromatic N) is 1. The molecule has 0 heterocycles. The number of para-hydroxylation sites is 2. The van der Waals surface area contributed by atoms with Crippen molar-refractivity contribution < 1.29 is 5.11 Å². The number of anilines is 2. The minimum Gasteiger partial charge on any atom is -0.392 e. The summed E-state index contributed by atoms with van der Waals surface area (Å²) in [5.41, 5.74) is 2.19. The highest BCUT2D eigenvalue weighted by Crippen LogP contribution is 2.22. The van der Waals surface area contributed by atoms with E-state index in [-0.39, 0.29) is 6.10 Å². The van der Waals surface area contributed by atoms with Crippen molar-refractivity contribution >= 4 is 11.4 Å². The van der Waals surface area contributed by atoms with Gasteiger partial charge in [0.05, 0.1) is 17.5 Å². The molecule has 1 aromatic carbocycles. The largest absolute Gasteiger partial charge is 0.392 e. The molecule has 0 amide bonds. The van der Waals surface area contributed by atoms with Gasteiger partial charge in [-0.05, 0) is 19.1 Å². The lowest BCUT2D eigenvalue weighted by Crippen LogP contribution is -2.18. The van der Waals surface area contributed by atoms with Gasteiger partial charge in [-0.15, -0.1) is 0 Å². The second-order valence-corrected chi connectivity index (χ2v) is 3.64. The number of nitrogens with one attached hydrogen (secondary N) is 1. The van der Waals surface area contributed by atoms with E-state index >= 15 is 0 Å². The Morgan fingerprint density at radius 1 is 1.36 bits per heavy atom. The Labute approximate surface area is 85.4 Å². The molecule has 0 fully saturated rings. The molecular weight excluding hydrogens is 176 g/mol. The van der Waals surface area contributed by atoms with Crippen LogP contribution in [0.2, 0.25) is 0 Å². The molecule has 78 valence electrons. The molecule has 1 atom stereocenters. The topological polar surface area (TPSA) is 35.5 Å². The van der Waals surface area contributed by atoms with Crippen molar-refractivity contribution in [1.82, 2.24) is 0 Å². The zero-order chi connectivity index (χ0) is 10.6. The third kappa shape index (κ3) is 2.92. The quantitative estimate of drug-likeness (QED) is 0.763. The monoisotopic (exact) mass is 194 g/mol. The summed E-state index contributed by atoms with van der Waals surface area (Å²) in [4.78, 5) is 2.05. The van der Waals surface area contributed by atoms with E-state index in [2.05, 4.69) is 5.32 Å². The average molecular weight is 194 g/mol. The molecule has 0 spiro atoms. The number of hydrogen-bond acceptors (Lipinski definition) is 3. The smallest absolute Gasteiger partial charge is 0.0684 e. The molecule has 0 aliphatic heterocycles. The highest BCUT2D eigenvalue weighted by molar-refractivity contribution is 5.69. The first-order valence-electron chi connectivity index (χ1n) is 4.79. The zero-order valence-electron chi connectivity index (χ0n) is 8.99. The normalized spacial score (nSPS) is 12.3. The first kappa shape index (κ1) is 10.9. The minimum atomic E-state index is -0.329. The van der Waals surface area contributed by atoms with Crippen LogP contribution in [0.5, 0.6) is 0 Å². The van der Waals surface area contributed by atoms with Crippen molar-refractivity contribution in [3.05, 3.63) is 24.3 Å². The van der Waals surface area contributed by atoms with Crippen LogP contribution in [0.3, 0.4) is 0 Å². The number of hydrogen-bond donors (Lipinski definition) is 2. The Balaban J connectivity index is 2.74. The van der Waals surface area contributed by atoms with Gasteiger partial charge < -0.3 is 15.3 Å². The van der Waals surface area contributed by atoms with Gasteiger partial charge in [0.2, 0.25) is 0 Å². The number of benzene rings is 1. The second-order valence-electron chi connectivity index (χ2n) is 3.64. The Kier molecular flexibility index (Phi) is 3.77. The second kappa shape index (κ2) is 4.86. The number of aliphatic hydroxyl groups is 1. The fourth-order valence-electron chi connectivity index (χ4n) is 1.27. The van der Waals surface area contributed by atoms with Gasteiger partial charge in [-0.1, -0.05) is 12.1 Å². The van der Waals surface area contributed by atoms with Crippen LogP contribution in [0.25, 0.3) is 0 Å². The molecule has 0 radical (unpaired) electrons. The molecule has 1 aromatic rings. The fraction of sp³-hybridized carbons (Fsp3) is 0.455. The first-order valence-corrected chi connectivity index (χ1v) is 4.79. The van der Waals surface area contributed by atoms with E-state index in [1.807, 2.05) is 43.3 Å². The maximum Gasteiger partial charge on any atom is 0.0684 e. The van der Waals surface area contributed by atoms with Crippen molar-refractivity contribution in [3.63, 3.8) is 0 Å². The summed E-state index contributed by atoms with van der Waals surface area (Å²) in [6, 6.07) is 8.04. The maximum atomic E-state index is 9.17. The fourth-order valence-corrected chi connectivity index (χ4v) is 1.27.